The summed E-state index contributed by atoms with van der Waals surface area (Å²) < 4.78 is 10.3. The number of esters is 1. The van der Waals surface area contributed by atoms with Crippen molar-refractivity contribution < 1.29 is 34.7 Å². The van der Waals surface area contributed by atoms with Crippen molar-refractivity contribution in [2.75, 3.05) is 7.11 Å². The third-order valence-corrected chi connectivity index (χ3v) is 11.0. The molecule has 7 heteroatoms. The molecule has 7 nitrogen and oxygen atoms in total. The predicted octanol–water partition coefficient (Wildman–Crippen LogP) is 3.22. The van der Waals surface area contributed by atoms with E-state index in [2.05, 4.69) is 20.8 Å². The fourth-order valence-corrected chi connectivity index (χ4v) is 9.18. The van der Waals surface area contributed by atoms with E-state index in [4.69, 9.17) is 9.47 Å². The molecule has 196 valence electrons. The lowest BCUT2D eigenvalue weighted by Gasteiger charge is -2.64. The summed E-state index contributed by atoms with van der Waals surface area (Å²) in [5.41, 5.74) is -0.360. The number of ether oxygens (including phenoxy) is 2. The molecule has 0 heterocycles. The van der Waals surface area contributed by atoms with Gasteiger partial charge >= 0.3 is 5.97 Å². The van der Waals surface area contributed by atoms with Crippen LogP contribution in [0.2, 0.25) is 0 Å². The van der Waals surface area contributed by atoms with Gasteiger partial charge in [0.2, 0.25) is 0 Å². The standard InChI is InChI=1S/C27H46O7/c1-15(6-9-23(31)33-5)18-7-8-19-24-20(13-22(30)26(18,19)4)25(3)10-11-27(32,34-16(2)28)14-17(25)12-21(24)29/h15-22,24,28-30,32H,6-14H2,1-5H3/t15-,16?,17-,18-,19+,20+,21-,22+,24+,25+,26-,27+/m1/s1. The predicted molar refractivity (Wildman–Crippen MR) is 126 cm³/mol. The molecule has 4 aliphatic rings. The SMILES string of the molecule is COC(=O)CC[C@@H](C)[C@H]1CC[C@H]2[C@@H]3[C@H](O)C[C@@H]4C[C@@](O)(OC(C)O)CC[C@]4(C)[C@H]3C[C@H](O)[C@]12C. The van der Waals surface area contributed by atoms with Crippen LogP contribution in [0.4, 0.5) is 0 Å². The van der Waals surface area contributed by atoms with E-state index in [-0.39, 0.29) is 40.5 Å². The molecule has 0 bridgehead atoms. The number of hydrogen-bond donors (Lipinski definition) is 4. The average Bonchev–Trinajstić information content (AvgIpc) is 3.12. The molecule has 1 unspecified atom stereocenters. The molecule has 34 heavy (non-hydrogen) atoms. The van der Waals surface area contributed by atoms with E-state index < -0.39 is 24.3 Å². The third-order valence-electron chi connectivity index (χ3n) is 11.0. The van der Waals surface area contributed by atoms with Crippen molar-refractivity contribution in [1.82, 2.24) is 0 Å². The highest BCUT2D eigenvalue weighted by Crippen LogP contribution is 2.69. The number of aliphatic hydroxyl groups excluding tert-OH is 3. The average molecular weight is 483 g/mol. The highest BCUT2D eigenvalue weighted by Gasteiger charge is 2.66. The second-order valence-electron chi connectivity index (χ2n) is 12.6. The Labute approximate surface area is 204 Å². The van der Waals surface area contributed by atoms with E-state index in [9.17, 15) is 25.2 Å². The molecule has 0 amide bonds. The van der Waals surface area contributed by atoms with Crippen molar-refractivity contribution in [1.29, 1.82) is 0 Å². The lowest BCUT2D eigenvalue weighted by atomic mass is 9.43. The largest absolute Gasteiger partial charge is 0.469 e. The molecule has 12 atom stereocenters. The summed E-state index contributed by atoms with van der Waals surface area (Å²) in [7, 11) is 1.42. The maximum Gasteiger partial charge on any atom is 0.305 e. The van der Waals surface area contributed by atoms with Crippen LogP contribution in [0.15, 0.2) is 0 Å². The lowest BCUT2D eigenvalue weighted by Crippen LogP contribution is -2.63. The second kappa shape index (κ2) is 9.29. The Morgan fingerprint density at radius 2 is 1.79 bits per heavy atom. The van der Waals surface area contributed by atoms with Crippen LogP contribution >= 0.6 is 0 Å². The number of carbonyl (C=O) groups is 1. The molecule has 4 saturated carbocycles. The number of hydrogen-bond acceptors (Lipinski definition) is 7. The van der Waals surface area contributed by atoms with Crippen molar-refractivity contribution in [3.63, 3.8) is 0 Å². The fourth-order valence-electron chi connectivity index (χ4n) is 9.18. The quantitative estimate of drug-likeness (QED) is 0.339. The Bertz CT molecular complexity index is 757. The summed E-state index contributed by atoms with van der Waals surface area (Å²) in [6.45, 7) is 8.21. The first-order valence-corrected chi connectivity index (χ1v) is 13.4. The van der Waals surface area contributed by atoms with Crippen LogP contribution in [-0.4, -0.2) is 57.8 Å². The van der Waals surface area contributed by atoms with Gasteiger partial charge < -0.3 is 29.9 Å². The Morgan fingerprint density at radius 1 is 1.09 bits per heavy atom. The van der Waals surface area contributed by atoms with Crippen LogP contribution in [0.3, 0.4) is 0 Å². The molecule has 0 aromatic heterocycles. The van der Waals surface area contributed by atoms with Gasteiger partial charge in [-0.15, -0.1) is 0 Å². The van der Waals surface area contributed by atoms with Gasteiger partial charge in [0.25, 0.3) is 0 Å². The Kier molecular flexibility index (Phi) is 7.20. The highest BCUT2D eigenvalue weighted by molar-refractivity contribution is 5.69. The molecule has 4 aliphatic carbocycles. The minimum absolute atomic E-state index is 0.0778. The van der Waals surface area contributed by atoms with Crippen LogP contribution in [0.25, 0.3) is 0 Å². The zero-order valence-corrected chi connectivity index (χ0v) is 21.6. The zero-order chi connectivity index (χ0) is 25.1. The topological polar surface area (TPSA) is 116 Å². The molecule has 0 spiro atoms. The summed E-state index contributed by atoms with van der Waals surface area (Å²) in [5, 5.41) is 43.8. The highest BCUT2D eigenvalue weighted by atomic mass is 16.7. The Balaban J connectivity index is 1.55. The van der Waals surface area contributed by atoms with Gasteiger partial charge in [0.1, 0.15) is 0 Å². The number of carbonyl (C=O) groups excluding carboxylic acids is 1. The molecule has 0 aromatic carbocycles. The first-order valence-electron chi connectivity index (χ1n) is 13.4. The smallest absolute Gasteiger partial charge is 0.305 e. The van der Waals surface area contributed by atoms with Crippen molar-refractivity contribution >= 4 is 5.97 Å². The van der Waals surface area contributed by atoms with Crippen LogP contribution in [0.5, 0.6) is 0 Å². The number of fused-ring (bicyclic) bond motifs is 5. The van der Waals surface area contributed by atoms with Crippen molar-refractivity contribution in [3.8, 4) is 0 Å². The van der Waals surface area contributed by atoms with Gasteiger partial charge in [-0.3, -0.25) is 4.79 Å². The molecule has 0 aromatic rings. The van der Waals surface area contributed by atoms with Crippen LogP contribution in [0.1, 0.15) is 85.5 Å². The van der Waals surface area contributed by atoms with Crippen molar-refractivity contribution in [3.05, 3.63) is 0 Å². The molecule has 4 N–H and O–H groups in total. The molecular formula is C27H46O7. The molecule has 4 fully saturated rings. The van der Waals surface area contributed by atoms with Crippen LogP contribution in [0, 0.1) is 46.3 Å². The monoisotopic (exact) mass is 482 g/mol. The lowest BCUT2D eigenvalue weighted by molar-refractivity contribution is -0.313. The minimum atomic E-state index is -1.36. The molecular weight excluding hydrogens is 436 g/mol. The number of methoxy groups -OCH3 is 1. The van der Waals surface area contributed by atoms with Gasteiger partial charge in [0.15, 0.2) is 12.1 Å². The maximum absolute atomic E-state index is 11.7. The number of aliphatic hydroxyl groups is 4. The van der Waals surface area contributed by atoms with Gasteiger partial charge in [-0.05, 0) is 91.8 Å². The van der Waals surface area contributed by atoms with E-state index in [1.165, 1.54) is 14.0 Å². The van der Waals surface area contributed by atoms with Crippen molar-refractivity contribution in [2.45, 2.75) is 110 Å². The first kappa shape index (κ1) is 26.3. The third kappa shape index (κ3) is 4.23. The van der Waals surface area contributed by atoms with E-state index in [1.54, 1.807) is 0 Å². The van der Waals surface area contributed by atoms with Crippen LogP contribution in [-0.2, 0) is 14.3 Å². The summed E-state index contributed by atoms with van der Waals surface area (Å²) in [4.78, 5) is 11.7. The fraction of sp³-hybridized carbons (Fsp3) is 0.963. The van der Waals surface area contributed by atoms with Gasteiger partial charge in [-0.2, -0.15) is 0 Å². The summed E-state index contributed by atoms with van der Waals surface area (Å²) in [6, 6.07) is 0. The molecule has 0 radical (unpaired) electrons. The molecule has 4 rings (SSSR count). The first-order chi connectivity index (χ1) is 15.9. The summed E-state index contributed by atoms with van der Waals surface area (Å²) >= 11 is 0. The Morgan fingerprint density at radius 3 is 2.44 bits per heavy atom. The number of rotatable bonds is 6. The van der Waals surface area contributed by atoms with Crippen molar-refractivity contribution in [2.24, 2.45) is 46.3 Å². The van der Waals surface area contributed by atoms with E-state index in [0.717, 1.165) is 25.7 Å². The van der Waals surface area contributed by atoms with Gasteiger partial charge in [-0.1, -0.05) is 20.8 Å². The van der Waals surface area contributed by atoms with Gasteiger partial charge in [-0.25, -0.2) is 0 Å². The zero-order valence-electron chi connectivity index (χ0n) is 21.6. The van der Waals surface area contributed by atoms with E-state index >= 15 is 0 Å². The molecule has 0 aliphatic heterocycles. The molecule has 0 saturated heterocycles. The van der Waals surface area contributed by atoms with E-state index in [0.29, 0.717) is 43.9 Å². The minimum Gasteiger partial charge on any atom is -0.469 e. The second-order valence-corrected chi connectivity index (χ2v) is 12.6. The normalized spacial score (nSPS) is 50.0. The summed E-state index contributed by atoms with van der Waals surface area (Å²) in [6.07, 6.45) is 4.09. The van der Waals surface area contributed by atoms with Gasteiger partial charge in [0, 0.05) is 19.3 Å². The summed E-state index contributed by atoms with van der Waals surface area (Å²) in [5.74, 6) is -0.290. The van der Waals surface area contributed by atoms with Crippen LogP contribution < -0.4 is 0 Å². The van der Waals surface area contributed by atoms with Gasteiger partial charge in [0.05, 0.1) is 19.3 Å². The Hall–Kier alpha value is -0.730. The van der Waals surface area contributed by atoms with E-state index in [1.807, 2.05) is 0 Å². The maximum atomic E-state index is 11.7.